The first-order valence-electron chi connectivity index (χ1n) is 6.33. The van der Waals surface area contributed by atoms with Crippen molar-refractivity contribution in [3.63, 3.8) is 0 Å². The monoisotopic (exact) mass is 266 g/mol. The fourth-order valence-electron chi connectivity index (χ4n) is 2.37. The highest BCUT2D eigenvalue weighted by atomic mass is 35.5. The predicted octanol–water partition coefficient (Wildman–Crippen LogP) is 2.47. The van der Waals surface area contributed by atoms with Crippen LogP contribution in [-0.2, 0) is 4.79 Å². The number of amides is 1. The number of nitrogens with one attached hydrogen (secondary N) is 1. The number of hydrogen-bond acceptors (Lipinski definition) is 2. The highest BCUT2D eigenvalue weighted by Gasteiger charge is 2.28. The van der Waals surface area contributed by atoms with Crippen LogP contribution in [0.25, 0.3) is 0 Å². The molecule has 1 amide bonds. The third-order valence-corrected chi connectivity index (χ3v) is 4.04. The van der Waals surface area contributed by atoms with Crippen LogP contribution in [0.2, 0.25) is 5.02 Å². The zero-order valence-corrected chi connectivity index (χ0v) is 11.6. The third kappa shape index (κ3) is 2.68. The minimum Gasteiger partial charge on any atom is -0.339 e. The van der Waals surface area contributed by atoms with Crippen LogP contribution < -0.4 is 5.32 Å². The van der Waals surface area contributed by atoms with Crippen LogP contribution in [0.5, 0.6) is 0 Å². The first kappa shape index (κ1) is 13.4. The van der Waals surface area contributed by atoms with Gasteiger partial charge in [-0.2, -0.15) is 0 Å². The summed E-state index contributed by atoms with van der Waals surface area (Å²) in [7, 11) is 1.86. The second kappa shape index (κ2) is 5.72. The molecule has 0 saturated carbocycles. The summed E-state index contributed by atoms with van der Waals surface area (Å²) in [6, 6.07) is 7.70. The molecule has 0 bridgehead atoms. The van der Waals surface area contributed by atoms with Crippen molar-refractivity contribution < 1.29 is 4.79 Å². The highest BCUT2D eigenvalue weighted by Crippen LogP contribution is 2.27. The van der Waals surface area contributed by atoms with E-state index in [1.807, 2.05) is 38.2 Å². The molecule has 0 unspecified atom stereocenters. The Morgan fingerprint density at radius 3 is 2.83 bits per heavy atom. The normalized spacial score (nSPS) is 20.7. The standard InChI is InChI=1S/C14H19ClN2O/c1-10(12-5-3-4-6-13(12)15)17(2)14(18)11-7-8-16-9-11/h3-6,10-11,16H,7-9H2,1-2H3/t10-,11-/m1/s1. The number of benzene rings is 1. The van der Waals surface area contributed by atoms with Gasteiger partial charge in [-0.25, -0.2) is 0 Å². The van der Waals surface area contributed by atoms with Crippen molar-refractivity contribution in [1.29, 1.82) is 0 Å². The molecule has 2 rings (SSSR count). The molecule has 0 spiro atoms. The lowest BCUT2D eigenvalue weighted by Crippen LogP contribution is -2.35. The number of halogens is 1. The van der Waals surface area contributed by atoms with Crippen LogP contribution in [0.3, 0.4) is 0 Å². The fraction of sp³-hybridized carbons (Fsp3) is 0.500. The van der Waals surface area contributed by atoms with Gasteiger partial charge in [0.2, 0.25) is 5.91 Å². The molecule has 1 aromatic carbocycles. The molecule has 1 N–H and O–H groups in total. The molecule has 1 aliphatic heterocycles. The Morgan fingerprint density at radius 1 is 1.50 bits per heavy atom. The smallest absolute Gasteiger partial charge is 0.227 e. The lowest BCUT2D eigenvalue weighted by molar-refractivity contribution is -0.135. The van der Waals surface area contributed by atoms with Gasteiger partial charge in [-0.3, -0.25) is 4.79 Å². The van der Waals surface area contributed by atoms with Crippen LogP contribution >= 0.6 is 11.6 Å². The van der Waals surface area contributed by atoms with Gasteiger partial charge < -0.3 is 10.2 Å². The molecule has 1 heterocycles. The summed E-state index contributed by atoms with van der Waals surface area (Å²) in [5, 5.41) is 3.94. The molecule has 98 valence electrons. The van der Waals surface area contributed by atoms with Crippen molar-refractivity contribution in [2.24, 2.45) is 5.92 Å². The Kier molecular flexibility index (Phi) is 4.25. The third-order valence-electron chi connectivity index (χ3n) is 3.69. The van der Waals surface area contributed by atoms with E-state index in [0.29, 0.717) is 5.02 Å². The predicted molar refractivity (Wildman–Crippen MR) is 73.6 cm³/mol. The SMILES string of the molecule is C[C@H](c1ccccc1Cl)N(C)C(=O)[C@@H]1CCNC1. The molecule has 3 nitrogen and oxygen atoms in total. The Hall–Kier alpha value is -1.06. The molecular formula is C14H19ClN2O. The maximum Gasteiger partial charge on any atom is 0.227 e. The van der Waals surface area contributed by atoms with Gasteiger partial charge in [0.25, 0.3) is 0 Å². The molecular weight excluding hydrogens is 248 g/mol. The van der Waals surface area contributed by atoms with Crippen molar-refractivity contribution in [3.8, 4) is 0 Å². The largest absolute Gasteiger partial charge is 0.339 e. The maximum atomic E-state index is 12.3. The van der Waals surface area contributed by atoms with E-state index >= 15 is 0 Å². The molecule has 2 atom stereocenters. The minimum atomic E-state index is 0.00630. The number of carbonyl (C=O) groups is 1. The molecule has 4 heteroatoms. The van der Waals surface area contributed by atoms with Crippen LogP contribution in [0.1, 0.15) is 24.9 Å². The lowest BCUT2D eigenvalue weighted by Gasteiger charge is -2.28. The molecule has 1 fully saturated rings. The number of carbonyl (C=O) groups excluding carboxylic acids is 1. The Balaban J connectivity index is 2.10. The first-order valence-corrected chi connectivity index (χ1v) is 6.71. The van der Waals surface area contributed by atoms with E-state index in [2.05, 4.69) is 5.32 Å². The average molecular weight is 267 g/mol. The van der Waals surface area contributed by atoms with Gasteiger partial charge >= 0.3 is 0 Å². The molecule has 1 aromatic rings. The summed E-state index contributed by atoms with van der Waals surface area (Å²) in [5.74, 6) is 0.312. The van der Waals surface area contributed by atoms with E-state index in [1.165, 1.54) is 0 Å². The van der Waals surface area contributed by atoms with Gasteiger partial charge in [0.15, 0.2) is 0 Å². The quantitative estimate of drug-likeness (QED) is 0.912. The van der Waals surface area contributed by atoms with E-state index in [-0.39, 0.29) is 17.9 Å². The van der Waals surface area contributed by atoms with Crippen molar-refractivity contribution in [2.45, 2.75) is 19.4 Å². The number of hydrogen-bond donors (Lipinski definition) is 1. The maximum absolute atomic E-state index is 12.3. The Morgan fingerprint density at radius 2 is 2.22 bits per heavy atom. The van der Waals surface area contributed by atoms with Crippen molar-refractivity contribution >= 4 is 17.5 Å². The summed E-state index contributed by atoms with van der Waals surface area (Å²) in [4.78, 5) is 14.1. The molecule has 1 saturated heterocycles. The Bertz CT molecular complexity index is 430. The van der Waals surface area contributed by atoms with Gasteiger partial charge in [-0.15, -0.1) is 0 Å². The molecule has 18 heavy (non-hydrogen) atoms. The molecule has 0 aliphatic carbocycles. The first-order chi connectivity index (χ1) is 8.61. The van der Waals surface area contributed by atoms with Gasteiger partial charge in [0.05, 0.1) is 12.0 Å². The van der Waals surface area contributed by atoms with Crippen molar-refractivity contribution in [2.75, 3.05) is 20.1 Å². The van der Waals surface area contributed by atoms with E-state index in [1.54, 1.807) is 4.90 Å². The molecule has 1 aliphatic rings. The average Bonchev–Trinajstić information content (AvgIpc) is 2.90. The zero-order valence-electron chi connectivity index (χ0n) is 10.8. The van der Waals surface area contributed by atoms with Gasteiger partial charge in [0, 0.05) is 18.6 Å². The van der Waals surface area contributed by atoms with E-state index in [4.69, 9.17) is 11.6 Å². The van der Waals surface area contributed by atoms with Gasteiger partial charge in [-0.1, -0.05) is 29.8 Å². The molecule has 0 aromatic heterocycles. The molecule has 0 radical (unpaired) electrons. The topological polar surface area (TPSA) is 32.3 Å². The number of nitrogens with zero attached hydrogens (tertiary/aromatic N) is 1. The van der Waals surface area contributed by atoms with Crippen molar-refractivity contribution in [3.05, 3.63) is 34.9 Å². The summed E-state index contributed by atoms with van der Waals surface area (Å²) in [5.41, 5.74) is 1.00. The van der Waals surface area contributed by atoms with Crippen LogP contribution in [0.4, 0.5) is 0 Å². The van der Waals surface area contributed by atoms with Crippen molar-refractivity contribution in [1.82, 2.24) is 10.2 Å². The number of rotatable bonds is 3. The summed E-state index contributed by atoms with van der Waals surface area (Å²) in [6.07, 6.45) is 0.929. The summed E-state index contributed by atoms with van der Waals surface area (Å²) in [6.45, 7) is 3.74. The van der Waals surface area contributed by atoms with Gasteiger partial charge in [0.1, 0.15) is 0 Å². The highest BCUT2D eigenvalue weighted by molar-refractivity contribution is 6.31. The van der Waals surface area contributed by atoms with Gasteiger partial charge in [-0.05, 0) is 31.5 Å². The fourth-order valence-corrected chi connectivity index (χ4v) is 2.66. The van der Waals surface area contributed by atoms with E-state index in [0.717, 1.165) is 25.1 Å². The summed E-state index contributed by atoms with van der Waals surface area (Å²) >= 11 is 6.18. The zero-order chi connectivity index (χ0) is 13.1. The summed E-state index contributed by atoms with van der Waals surface area (Å²) < 4.78 is 0. The van der Waals surface area contributed by atoms with Crippen LogP contribution in [0.15, 0.2) is 24.3 Å². The lowest BCUT2D eigenvalue weighted by atomic mass is 10.0. The van der Waals surface area contributed by atoms with Crippen LogP contribution in [0, 0.1) is 5.92 Å². The minimum absolute atomic E-state index is 0.00630. The second-order valence-electron chi connectivity index (χ2n) is 4.84. The van der Waals surface area contributed by atoms with E-state index in [9.17, 15) is 4.79 Å². The Labute approximate surface area is 113 Å². The second-order valence-corrected chi connectivity index (χ2v) is 5.24. The van der Waals surface area contributed by atoms with Crippen LogP contribution in [-0.4, -0.2) is 30.9 Å². The van der Waals surface area contributed by atoms with E-state index < -0.39 is 0 Å².